The molecule has 0 saturated heterocycles. The van der Waals surface area contributed by atoms with Crippen molar-refractivity contribution >= 4 is 5.91 Å². The Morgan fingerprint density at radius 3 is 2.88 bits per heavy atom. The van der Waals surface area contributed by atoms with Crippen molar-refractivity contribution in [2.45, 2.75) is 20.4 Å². The molecule has 0 unspecified atom stereocenters. The number of aromatic nitrogens is 4. The number of hydrogen-bond acceptors (Lipinski definition) is 4. The van der Waals surface area contributed by atoms with Gasteiger partial charge in [0.15, 0.2) is 5.82 Å². The van der Waals surface area contributed by atoms with Crippen LogP contribution in [0.25, 0.3) is 0 Å². The molecule has 0 atom stereocenters. The van der Waals surface area contributed by atoms with E-state index in [9.17, 15) is 4.79 Å². The molecule has 6 nitrogen and oxygen atoms in total. The third kappa shape index (κ3) is 2.66. The Balaban J connectivity index is 2.04. The summed E-state index contributed by atoms with van der Waals surface area (Å²) < 4.78 is 0. The molecule has 0 radical (unpaired) electrons. The summed E-state index contributed by atoms with van der Waals surface area (Å²) in [6, 6.07) is 5.70. The van der Waals surface area contributed by atoms with Crippen LogP contribution in [-0.4, -0.2) is 26.5 Å². The van der Waals surface area contributed by atoms with Crippen LogP contribution < -0.4 is 5.32 Å². The average Bonchev–Trinajstić information content (AvgIpc) is 2.78. The van der Waals surface area contributed by atoms with Crippen LogP contribution in [0.4, 0.5) is 0 Å². The largest absolute Gasteiger partial charge is 0.345 e. The lowest BCUT2D eigenvalue weighted by atomic mass is 10.1. The van der Waals surface area contributed by atoms with E-state index in [1.54, 1.807) is 0 Å². The Morgan fingerprint density at radius 2 is 2.24 bits per heavy atom. The number of aromatic amines is 1. The summed E-state index contributed by atoms with van der Waals surface area (Å²) in [5.74, 6) is 0.329. The summed E-state index contributed by atoms with van der Waals surface area (Å²) in [4.78, 5) is 11.9. The van der Waals surface area contributed by atoms with E-state index in [1.807, 2.05) is 32.0 Å². The van der Waals surface area contributed by atoms with E-state index in [0.717, 1.165) is 11.1 Å². The third-order valence-corrected chi connectivity index (χ3v) is 2.42. The van der Waals surface area contributed by atoms with Gasteiger partial charge in [0.05, 0.1) is 6.54 Å². The van der Waals surface area contributed by atoms with Gasteiger partial charge in [0.2, 0.25) is 0 Å². The molecule has 1 aromatic heterocycles. The molecule has 0 aliphatic carbocycles. The van der Waals surface area contributed by atoms with Gasteiger partial charge in [-0.3, -0.25) is 4.79 Å². The van der Waals surface area contributed by atoms with E-state index in [1.165, 1.54) is 0 Å². The second kappa shape index (κ2) is 4.73. The molecular weight excluding hydrogens is 218 g/mol. The van der Waals surface area contributed by atoms with E-state index >= 15 is 0 Å². The van der Waals surface area contributed by atoms with Gasteiger partial charge in [-0.1, -0.05) is 22.9 Å². The number of rotatable bonds is 3. The SMILES string of the molecule is Cc1ccc(C(=O)NCc2nn[nH]n2)c(C)c1. The number of nitrogens with one attached hydrogen (secondary N) is 2. The quantitative estimate of drug-likeness (QED) is 0.816. The zero-order chi connectivity index (χ0) is 12.3. The summed E-state index contributed by atoms with van der Waals surface area (Å²) in [6.45, 7) is 4.17. The number of carbonyl (C=O) groups is 1. The Hall–Kier alpha value is -2.24. The molecule has 2 rings (SSSR count). The van der Waals surface area contributed by atoms with Gasteiger partial charge in [0.1, 0.15) is 0 Å². The summed E-state index contributed by atoms with van der Waals surface area (Å²) in [5, 5.41) is 16.0. The van der Waals surface area contributed by atoms with Crippen LogP contribution in [0.15, 0.2) is 18.2 Å². The fourth-order valence-corrected chi connectivity index (χ4v) is 1.58. The van der Waals surface area contributed by atoms with E-state index < -0.39 is 0 Å². The number of H-pyrrole nitrogens is 1. The normalized spacial score (nSPS) is 10.2. The summed E-state index contributed by atoms with van der Waals surface area (Å²) in [7, 11) is 0. The molecule has 17 heavy (non-hydrogen) atoms. The number of nitrogens with zero attached hydrogens (tertiary/aromatic N) is 3. The van der Waals surface area contributed by atoms with Gasteiger partial charge in [0.25, 0.3) is 5.91 Å². The molecule has 6 heteroatoms. The number of aryl methyl sites for hydroxylation is 2. The highest BCUT2D eigenvalue weighted by Gasteiger charge is 2.09. The Kier molecular flexibility index (Phi) is 3.13. The van der Waals surface area contributed by atoms with Crippen molar-refractivity contribution in [2.24, 2.45) is 0 Å². The van der Waals surface area contributed by atoms with Crippen molar-refractivity contribution in [3.63, 3.8) is 0 Å². The zero-order valence-electron chi connectivity index (χ0n) is 9.69. The van der Waals surface area contributed by atoms with Crippen molar-refractivity contribution in [3.8, 4) is 0 Å². The summed E-state index contributed by atoms with van der Waals surface area (Å²) in [5.41, 5.74) is 2.76. The first kappa shape index (κ1) is 11.3. The number of carbonyl (C=O) groups excluding carboxylic acids is 1. The minimum absolute atomic E-state index is 0.132. The van der Waals surface area contributed by atoms with Gasteiger partial charge in [-0.15, -0.1) is 10.2 Å². The summed E-state index contributed by atoms with van der Waals surface area (Å²) in [6.07, 6.45) is 0. The van der Waals surface area contributed by atoms with Crippen LogP contribution in [0.5, 0.6) is 0 Å². The first-order chi connectivity index (χ1) is 8.16. The fourth-order valence-electron chi connectivity index (χ4n) is 1.58. The summed E-state index contributed by atoms with van der Waals surface area (Å²) >= 11 is 0. The van der Waals surface area contributed by atoms with Crippen LogP contribution >= 0.6 is 0 Å². The topological polar surface area (TPSA) is 83.6 Å². The van der Waals surface area contributed by atoms with E-state index in [-0.39, 0.29) is 12.5 Å². The van der Waals surface area contributed by atoms with Gasteiger partial charge < -0.3 is 5.32 Å². The van der Waals surface area contributed by atoms with Gasteiger partial charge in [-0.2, -0.15) is 5.21 Å². The molecule has 0 fully saturated rings. The van der Waals surface area contributed by atoms with Gasteiger partial charge in [-0.05, 0) is 25.5 Å². The van der Waals surface area contributed by atoms with Crippen molar-refractivity contribution in [2.75, 3.05) is 0 Å². The fraction of sp³-hybridized carbons (Fsp3) is 0.273. The van der Waals surface area contributed by atoms with Crippen LogP contribution in [0, 0.1) is 13.8 Å². The maximum Gasteiger partial charge on any atom is 0.251 e. The average molecular weight is 231 g/mol. The Labute approximate surface area is 98.4 Å². The molecule has 1 aromatic carbocycles. The van der Waals surface area contributed by atoms with E-state index in [0.29, 0.717) is 11.4 Å². The van der Waals surface area contributed by atoms with Gasteiger partial charge in [-0.25, -0.2) is 0 Å². The predicted molar refractivity (Wildman–Crippen MR) is 61.3 cm³/mol. The lowest BCUT2D eigenvalue weighted by Crippen LogP contribution is -2.24. The molecular formula is C11H13N5O. The first-order valence-corrected chi connectivity index (χ1v) is 5.24. The maximum atomic E-state index is 11.9. The first-order valence-electron chi connectivity index (χ1n) is 5.24. The second-order valence-corrected chi connectivity index (χ2v) is 3.83. The van der Waals surface area contributed by atoms with Crippen LogP contribution in [0.1, 0.15) is 27.3 Å². The zero-order valence-corrected chi connectivity index (χ0v) is 9.69. The molecule has 88 valence electrons. The van der Waals surface area contributed by atoms with E-state index in [2.05, 4.69) is 25.9 Å². The van der Waals surface area contributed by atoms with Crippen molar-refractivity contribution < 1.29 is 4.79 Å². The van der Waals surface area contributed by atoms with Gasteiger partial charge in [0, 0.05) is 5.56 Å². The molecule has 0 spiro atoms. The minimum Gasteiger partial charge on any atom is -0.345 e. The second-order valence-electron chi connectivity index (χ2n) is 3.83. The molecule has 2 aromatic rings. The highest BCUT2D eigenvalue weighted by Crippen LogP contribution is 2.10. The minimum atomic E-state index is -0.132. The molecule has 0 saturated carbocycles. The van der Waals surface area contributed by atoms with Crippen molar-refractivity contribution in [1.82, 2.24) is 25.9 Å². The monoisotopic (exact) mass is 231 g/mol. The van der Waals surface area contributed by atoms with Crippen LogP contribution in [-0.2, 0) is 6.54 Å². The van der Waals surface area contributed by atoms with Gasteiger partial charge >= 0.3 is 0 Å². The smallest absolute Gasteiger partial charge is 0.251 e. The predicted octanol–water partition coefficient (Wildman–Crippen LogP) is 0.747. The van der Waals surface area contributed by atoms with Crippen LogP contribution in [0.3, 0.4) is 0 Å². The van der Waals surface area contributed by atoms with Crippen LogP contribution in [0.2, 0.25) is 0 Å². The lowest BCUT2D eigenvalue weighted by Gasteiger charge is -2.06. The number of benzene rings is 1. The van der Waals surface area contributed by atoms with Crippen molar-refractivity contribution in [1.29, 1.82) is 0 Å². The highest BCUT2D eigenvalue weighted by atomic mass is 16.1. The Morgan fingerprint density at radius 1 is 1.41 bits per heavy atom. The molecule has 2 N–H and O–H groups in total. The Bertz CT molecular complexity index is 521. The molecule has 0 bridgehead atoms. The number of hydrogen-bond donors (Lipinski definition) is 2. The third-order valence-electron chi connectivity index (χ3n) is 2.42. The van der Waals surface area contributed by atoms with E-state index in [4.69, 9.17) is 0 Å². The molecule has 1 heterocycles. The maximum absolute atomic E-state index is 11.9. The molecule has 0 aliphatic rings. The standard InChI is InChI=1S/C11H13N5O/c1-7-3-4-9(8(2)5-7)11(17)12-6-10-13-15-16-14-10/h3-5H,6H2,1-2H3,(H,12,17)(H,13,14,15,16). The molecule has 1 amide bonds. The number of amides is 1. The number of tetrazole rings is 1. The van der Waals surface area contributed by atoms with Crippen molar-refractivity contribution in [3.05, 3.63) is 40.7 Å². The lowest BCUT2D eigenvalue weighted by molar-refractivity contribution is 0.0949. The molecule has 0 aliphatic heterocycles. The highest BCUT2D eigenvalue weighted by molar-refractivity contribution is 5.95.